The quantitative estimate of drug-likeness (QED) is 0.182. The third-order valence-corrected chi connectivity index (χ3v) is 12.4. The lowest BCUT2D eigenvalue weighted by Gasteiger charge is -2.36. The van der Waals surface area contributed by atoms with Crippen LogP contribution in [0.25, 0.3) is 66.1 Å². The molecular weight excluding hydrogens is 655 g/mol. The molecule has 258 valence electrons. The highest BCUT2D eigenvalue weighted by molar-refractivity contribution is 6.10. The summed E-state index contributed by atoms with van der Waals surface area (Å²) in [7, 11) is 0. The molecule has 0 spiro atoms. The van der Waals surface area contributed by atoms with Gasteiger partial charge in [0, 0.05) is 33.0 Å². The fourth-order valence-corrected chi connectivity index (χ4v) is 9.67. The first-order valence-electron chi connectivity index (χ1n) is 19.0. The molecule has 0 amide bonds. The Hall–Kier alpha value is -6.38. The van der Waals surface area contributed by atoms with Crippen LogP contribution in [0, 0.1) is 0 Å². The average molecular weight is 694 g/mol. The topological polar surface area (TPSA) is 16.4 Å². The molecule has 0 radical (unpaired) electrons. The molecule has 0 unspecified atom stereocenters. The van der Waals surface area contributed by atoms with E-state index in [1.54, 1.807) is 0 Å². The van der Waals surface area contributed by atoms with E-state index in [0.29, 0.717) is 0 Å². The summed E-state index contributed by atoms with van der Waals surface area (Å²) in [6, 6.07) is 60.1. The molecule has 2 heteroatoms. The number of para-hydroxylation sites is 2. The summed E-state index contributed by atoms with van der Waals surface area (Å²) in [6.45, 7) is 9.59. The maximum atomic E-state index is 6.69. The Kier molecular flexibility index (Phi) is 6.39. The van der Waals surface area contributed by atoms with Crippen molar-refractivity contribution in [2.24, 2.45) is 0 Å². The highest BCUT2D eigenvalue weighted by atomic mass is 16.3. The summed E-state index contributed by atoms with van der Waals surface area (Å²) in [5.41, 5.74) is 17.9. The van der Waals surface area contributed by atoms with Gasteiger partial charge in [0.1, 0.15) is 5.58 Å². The Morgan fingerprint density at radius 3 is 1.89 bits per heavy atom. The first-order valence-corrected chi connectivity index (χ1v) is 19.0. The van der Waals surface area contributed by atoms with Gasteiger partial charge >= 0.3 is 0 Å². The molecule has 0 N–H and O–H groups in total. The van der Waals surface area contributed by atoms with Crippen LogP contribution in [0.3, 0.4) is 0 Å². The smallest absolute Gasteiger partial charge is 0.159 e. The summed E-state index contributed by atoms with van der Waals surface area (Å²) < 4.78 is 6.69. The lowest BCUT2D eigenvalue weighted by Crippen LogP contribution is -2.24. The van der Waals surface area contributed by atoms with Gasteiger partial charge in [0.25, 0.3) is 0 Å². The van der Waals surface area contributed by atoms with Crippen molar-refractivity contribution < 1.29 is 4.42 Å². The van der Waals surface area contributed by atoms with Crippen LogP contribution in [-0.4, -0.2) is 0 Å². The largest absolute Gasteiger partial charge is 0.454 e. The normalized spacial score (nSPS) is 14.6. The van der Waals surface area contributed by atoms with Crippen LogP contribution in [0.2, 0.25) is 0 Å². The van der Waals surface area contributed by atoms with E-state index >= 15 is 0 Å². The Morgan fingerprint density at radius 1 is 0.426 bits per heavy atom. The van der Waals surface area contributed by atoms with Gasteiger partial charge in [-0.2, -0.15) is 0 Å². The SMILES string of the molecule is CC1(C)c2cc(N(c3cccc(-c4ccccc4)c3)c3cccc4c3oc3ccccc34)ccc2-c2cc3c(cc21)-c1cccc2cccc(c12)C3(C)C. The van der Waals surface area contributed by atoms with Crippen LogP contribution in [-0.2, 0) is 10.8 Å². The minimum atomic E-state index is -0.215. The number of benzene rings is 8. The number of rotatable bonds is 4. The van der Waals surface area contributed by atoms with E-state index in [1.165, 1.54) is 66.4 Å². The number of nitrogens with zero attached hydrogens (tertiary/aromatic N) is 1. The molecule has 54 heavy (non-hydrogen) atoms. The summed E-state index contributed by atoms with van der Waals surface area (Å²) in [5.74, 6) is 0. The molecule has 0 aliphatic heterocycles. The fourth-order valence-electron chi connectivity index (χ4n) is 9.67. The molecule has 0 bridgehead atoms. The second kappa shape index (κ2) is 11.1. The zero-order valence-corrected chi connectivity index (χ0v) is 30.9. The highest BCUT2D eigenvalue weighted by Gasteiger charge is 2.41. The number of fused-ring (bicyclic) bond motifs is 8. The van der Waals surface area contributed by atoms with Gasteiger partial charge in [-0.3, -0.25) is 0 Å². The van der Waals surface area contributed by atoms with Crippen molar-refractivity contribution in [3.05, 3.63) is 186 Å². The number of hydrogen-bond acceptors (Lipinski definition) is 2. The molecule has 2 aliphatic rings. The molecule has 1 aromatic heterocycles. The minimum Gasteiger partial charge on any atom is -0.454 e. The molecule has 0 saturated carbocycles. The minimum absolute atomic E-state index is 0.128. The predicted octanol–water partition coefficient (Wildman–Crippen LogP) is 14.5. The van der Waals surface area contributed by atoms with Crippen molar-refractivity contribution in [1.29, 1.82) is 0 Å². The van der Waals surface area contributed by atoms with Crippen LogP contribution < -0.4 is 4.90 Å². The molecule has 1 heterocycles. The van der Waals surface area contributed by atoms with Gasteiger partial charge in [-0.1, -0.05) is 143 Å². The molecule has 0 atom stereocenters. The van der Waals surface area contributed by atoms with Crippen LogP contribution >= 0.6 is 0 Å². The summed E-state index contributed by atoms with van der Waals surface area (Å²) >= 11 is 0. The van der Waals surface area contributed by atoms with Gasteiger partial charge in [0.15, 0.2) is 5.58 Å². The third-order valence-electron chi connectivity index (χ3n) is 12.4. The Bertz CT molecular complexity index is 2990. The zero-order chi connectivity index (χ0) is 36.3. The van der Waals surface area contributed by atoms with Gasteiger partial charge < -0.3 is 9.32 Å². The first-order chi connectivity index (χ1) is 26.3. The van der Waals surface area contributed by atoms with Crippen LogP contribution in [0.1, 0.15) is 49.9 Å². The van der Waals surface area contributed by atoms with E-state index in [4.69, 9.17) is 4.42 Å². The fraction of sp³-hybridized carbons (Fsp3) is 0.115. The van der Waals surface area contributed by atoms with Gasteiger partial charge in [0.05, 0.1) is 5.69 Å². The lowest BCUT2D eigenvalue weighted by atomic mass is 9.67. The Morgan fingerprint density at radius 2 is 1.06 bits per heavy atom. The summed E-state index contributed by atoms with van der Waals surface area (Å²) in [5, 5.41) is 4.95. The third kappa shape index (κ3) is 4.28. The summed E-state index contributed by atoms with van der Waals surface area (Å²) in [6.07, 6.45) is 0. The van der Waals surface area contributed by atoms with Gasteiger partial charge in [0.2, 0.25) is 0 Å². The highest BCUT2D eigenvalue weighted by Crippen LogP contribution is 2.56. The molecule has 9 aromatic rings. The second-order valence-corrected chi connectivity index (χ2v) is 16.1. The van der Waals surface area contributed by atoms with E-state index in [1.807, 2.05) is 6.07 Å². The maximum Gasteiger partial charge on any atom is 0.159 e. The number of hydrogen-bond donors (Lipinski definition) is 0. The van der Waals surface area contributed by atoms with E-state index in [9.17, 15) is 0 Å². The first kappa shape index (κ1) is 31.2. The predicted molar refractivity (Wildman–Crippen MR) is 226 cm³/mol. The van der Waals surface area contributed by atoms with Crippen molar-refractivity contribution in [1.82, 2.24) is 0 Å². The monoisotopic (exact) mass is 693 g/mol. The Labute approximate surface area is 315 Å². The van der Waals surface area contributed by atoms with Crippen LogP contribution in [0.15, 0.2) is 168 Å². The molecule has 8 aromatic carbocycles. The summed E-state index contributed by atoms with van der Waals surface area (Å²) in [4.78, 5) is 2.39. The van der Waals surface area contributed by atoms with Crippen LogP contribution in [0.4, 0.5) is 17.1 Å². The lowest BCUT2D eigenvalue weighted by molar-refractivity contribution is 0.639. The zero-order valence-electron chi connectivity index (χ0n) is 30.9. The molecule has 0 saturated heterocycles. The maximum absolute atomic E-state index is 6.69. The van der Waals surface area contributed by atoms with E-state index in [2.05, 4.69) is 190 Å². The van der Waals surface area contributed by atoms with Gasteiger partial charge in [-0.05, 0) is 115 Å². The van der Waals surface area contributed by atoms with Gasteiger partial charge in [-0.25, -0.2) is 0 Å². The van der Waals surface area contributed by atoms with Crippen molar-refractivity contribution >= 4 is 49.8 Å². The van der Waals surface area contributed by atoms with Crippen molar-refractivity contribution in [3.8, 4) is 33.4 Å². The van der Waals surface area contributed by atoms with Crippen molar-refractivity contribution in [3.63, 3.8) is 0 Å². The van der Waals surface area contributed by atoms with Crippen molar-refractivity contribution in [2.75, 3.05) is 4.90 Å². The van der Waals surface area contributed by atoms with Gasteiger partial charge in [-0.15, -0.1) is 0 Å². The second-order valence-electron chi connectivity index (χ2n) is 16.1. The Balaban J connectivity index is 1.12. The number of anilines is 3. The van der Waals surface area contributed by atoms with Crippen LogP contribution in [0.5, 0.6) is 0 Å². The van der Waals surface area contributed by atoms with E-state index < -0.39 is 0 Å². The number of furan rings is 1. The average Bonchev–Trinajstić information content (AvgIpc) is 3.69. The van der Waals surface area contributed by atoms with Crippen molar-refractivity contribution in [2.45, 2.75) is 38.5 Å². The molecule has 2 aliphatic carbocycles. The molecular formula is C52H39NO. The molecule has 2 nitrogen and oxygen atoms in total. The van der Waals surface area contributed by atoms with E-state index in [0.717, 1.165) is 39.0 Å². The standard InChI is InChI=1S/C52H39NO/c1-51(2)43-23-12-17-33-16-11-21-39(49(33)43)42-31-45-41(30-46(42)51)37-27-26-36(29-44(37)52(45,3)4)53(35-19-10-18-34(28-35)32-14-6-5-7-15-32)47-24-13-22-40-38-20-8-9-25-48(38)54-50(40)47/h5-31H,1-4H3. The molecule has 11 rings (SSSR count). The molecule has 0 fully saturated rings. The van der Waals surface area contributed by atoms with E-state index in [-0.39, 0.29) is 10.8 Å².